The van der Waals surface area contributed by atoms with Crippen molar-refractivity contribution in [3.63, 3.8) is 0 Å². The average molecular weight is 320 g/mol. The van der Waals surface area contributed by atoms with Crippen LogP contribution in [-0.2, 0) is 0 Å². The molecule has 3 rings (SSSR count). The molecule has 0 N–H and O–H groups in total. The molecule has 2 aromatic rings. The molecule has 0 aromatic heterocycles. The molecule has 0 spiro atoms. The molecule has 8 heteroatoms. The van der Waals surface area contributed by atoms with Crippen molar-refractivity contribution in [3.8, 4) is 17.2 Å². The summed E-state index contributed by atoms with van der Waals surface area (Å²) in [6, 6.07) is 7.35. The first-order chi connectivity index (χ1) is 10.5. The van der Waals surface area contributed by atoms with Gasteiger partial charge in [-0.25, -0.2) is 0 Å². The van der Waals surface area contributed by atoms with Gasteiger partial charge in [0, 0.05) is 23.4 Å². The molecule has 0 bridgehead atoms. The number of nitro groups is 1. The standard InChI is InChI=1S/C14H9ClN2O5/c15-9-3-8(14(18)11(4-9)17(19)20)6-16-10-1-2-12-13(5-10)22-7-21-12/h1-6,18H,7H2/p-1. The lowest BCUT2D eigenvalue weighted by molar-refractivity contribution is -0.398. The molecule has 0 radical (unpaired) electrons. The summed E-state index contributed by atoms with van der Waals surface area (Å²) in [6.07, 6.45) is 1.23. The van der Waals surface area contributed by atoms with Crippen molar-refractivity contribution in [1.29, 1.82) is 0 Å². The maximum atomic E-state index is 11.9. The van der Waals surface area contributed by atoms with E-state index in [9.17, 15) is 15.2 Å². The lowest BCUT2D eigenvalue weighted by atomic mass is 10.2. The molecule has 7 nitrogen and oxygen atoms in total. The van der Waals surface area contributed by atoms with Crippen LogP contribution in [0.3, 0.4) is 0 Å². The van der Waals surface area contributed by atoms with Crippen molar-refractivity contribution in [2.45, 2.75) is 0 Å². The SMILES string of the molecule is O=[N+]([O-])c1cc(Cl)cc(C=Nc2ccc3c(c2)OCO3)c1[O-]. The molecule has 0 amide bonds. The highest BCUT2D eigenvalue weighted by Gasteiger charge is 2.13. The monoisotopic (exact) mass is 319 g/mol. The zero-order valence-electron chi connectivity index (χ0n) is 11.0. The Kier molecular flexibility index (Phi) is 3.56. The zero-order chi connectivity index (χ0) is 15.7. The quantitative estimate of drug-likeness (QED) is 0.492. The van der Waals surface area contributed by atoms with E-state index in [-0.39, 0.29) is 17.4 Å². The first-order valence-corrected chi connectivity index (χ1v) is 6.51. The summed E-state index contributed by atoms with van der Waals surface area (Å²) >= 11 is 5.78. The number of nitro benzene ring substituents is 1. The van der Waals surface area contributed by atoms with Crippen LogP contribution < -0.4 is 14.6 Å². The van der Waals surface area contributed by atoms with Gasteiger partial charge in [0.25, 0.3) is 5.69 Å². The van der Waals surface area contributed by atoms with Gasteiger partial charge in [0.2, 0.25) is 6.79 Å². The predicted octanol–water partition coefficient (Wildman–Crippen LogP) is 2.80. The van der Waals surface area contributed by atoms with E-state index in [1.807, 2.05) is 0 Å². The van der Waals surface area contributed by atoms with Gasteiger partial charge in [-0.1, -0.05) is 11.6 Å². The van der Waals surface area contributed by atoms with Crippen molar-refractivity contribution < 1.29 is 19.5 Å². The summed E-state index contributed by atoms with van der Waals surface area (Å²) in [4.78, 5) is 14.1. The molecule has 0 unspecified atom stereocenters. The number of ether oxygens (including phenoxy) is 2. The molecule has 0 saturated carbocycles. The maximum Gasteiger partial charge on any atom is 0.263 e. The van der Waals surface area contributed by atoms with Crippen LogP contribution in [0.5, 0.6) is 17.2 Å². The average Bonchev–Trinajstić information content (AvgIpc) is 2.95. The fourth-order valence-electron chi connectivity index (χ4n) is 1.94. The van der Waals surface area contributed by atoms with Crippen LogP contribution >= 0.6 is 11.6 Å². The van der Waals surface area contributed by atoms with Crippen LogP contribution in [0.2, 0.25) is 5.02 Å². The summed E-state index contributed by atoms with van der Waals surface area (Å²) in [7, 11) is 0. The van der Waals surface area contributed by atoms with Crippen molar-refractivity contribution >= 4 is 29.2 Å². The lowest BCUT2D eigenvalue weighted by Gasteiger charge is -2.10. The highest BCUT2D eigenvalue weighted by atomic mass is 35.5. The Balaban J connectivity index is 1.94. The third kappa shape index (κ3) is 2.66. The minimum Gasteiger partial charge on any atom is -0.867 e. The summed E-state index contributed by atoms with van der Waals surface area (Å²) in [6.45, 7) is 0.147. The molecular weight excluding hydrogens is 312 g/mol. The molecule has 2 aromatic carbocycles. The molecule has 22 heavy (non-hydrogen) atoms. The first kappa shape index (κ1) is 14.2. The number of halogens is 1. The van der Waals surface area contributed by atoms with E-state index in [2.05, 4.69) is 4.99 Å². The van der Waals surface area contributed by atoms with Crippen molar-refractivity contribution in [2.24, 2.45) is 4.99 Å². The smallest absolute Gasteiger partial charge is 0.263 e. The molecule has 0 saturated heterocycles. The van der Waals surface area contributed by atoms with Gasteiger partial charge in [-0.2, -0.15) is 0 Å². The molecular formula is C14H8ClN2O5-. The molecule has 112 valence electrons. The predicted molar refractivity (Wildman–Crippen MR) is 77.4 cm³/mol. The minimum absolute atomic E-state index is 0.0388. The second kappa shape index (κ2) is 5.53. The number of hydrogen-bond donors (Lipinski definition) is 0. The molecule has 1 aliphatic heterocycles. The van der Waals surface area contributed by atoms with E-state index in [0.29, 0.717) is 17.2 Å². The van der Waals surface area contributed by atoms with Crippen LogP contribution in [-0.4, -0.2) is 17.9 Å². The molecule has 0 fully saturated rings. The minimum atomic E-state index is -0.772. The van der Waals surface area contributed by atoms with Gasteiger partial charge in [-0.15, -0.1) is 0 Å². The van der Waals surface area contributed by atoms with Gasteiger partial charge in [0.05, 0.1) is 10.6 Å². The van der Waals surface area contributed by atoms with Gasteiger partial charge in [-0.3, -0.25) is 15.1 Å². The van der Waals surface area contributed by atoms with Gasteiger partial charge < -0.3 is 14.6 Å². The number of benzene rings is 2. The van der Waals surface area contributed by atoms with Crippen LogP contribution in [0.4, 0.5) is 11.4 Å². The van der Waals surface area contributed by atoms with Crippen molar-refractivity contribution in [2.75, 3.05) is 6.79 Å². The van der Waals surface area contributed by atoms with Gasteiger partial charge in [0.15, 0.2) is 11.5 Å². The summed E-state index contributed by atoms with van der Waals surface area (Å²) < 4.78 is 10.4. The highest BCUT2D eigenvalue weighted by molar-refractivity contribution is 6.31. The molecule has 0 atom stereocenters. The summed E-state index contributed by atoms with van der Waals surface area (Å²) in [5.41, 5.74) is -0.0252. The van der Waals surface area contributed by atoms with E-state index in [1.165, 1.54) is 12.3 Å². The fourth-order valence-corrected chi connectivity index (χ4v) is 2.16. The molecule has 0 aliphatic carbocycles. The van der Waals surface area contributed by atoms with E-state index in [0.717, 1.165) is 6.07 Å². The third-order valence-electron chi connectivity index (χ3n) is 2.97. The van der Waals surface area contributed by atoms with Gasteiger partial charge in [-0.05, 0) is 29.5 Å². The number of aliphatic imine (C=N–C) groups is 1. The third-order valence-corrected chi connectivity index (χ3v) is 3.19. The number of fused-ring (bicyclic) bond motifs is 1. The van der Waals surface area contributed by atoms with E-state index in [1.54, 1.807) is 18.2 Å². The Morgan fingerprint density at radius 2 is 2.00 bits per heavy atom. The topological polar surface area (TPSA) is 97.0 Å². The maximum absolute atomic E-state index is 11.9. The van der Waals surface area contributed by atoms with Crippen LogP contribution in [0.1, 0.15) is 5.56 Å². The second-order valence-electron chi connectivity index (χ2n) is 4.40. The largest absolute Gasteiger partial charge is 0.867 e. The van der Waals surface area contributed by atoms with Crippen molar-refractivity contribution in [3.05, 3.63) is 51.0 Å². The Morgan fingerprint density at radius 1 is 1.23 bits per heavy atom. The van der Waals surface area contributed by atoms with Crippen LogP contribution in [0.25, 0.3) is 0 Å². The number of rotatable bonds is 3. The van der Waals surface area contributed by atoms with E-state index in [4.69, 9.17) is 21.1 Å². The zero-order valence-corrected chi connectivity index (χ0v) is 11.7. The first-order valence-electron chi connectivity index (χ1n) is 6.13. The molecule has 1 aliphatic rings. The lowest BCUT2D eigenvalue weighted by Crippen LogP contribution is -2.02. The Labute approximate surface area is 129 Å². The second-order valence-corrected chi connectivity index (χ2v) is 4.83. The Hall–Kier alpha value is -2.80. The Morgan fingerprint density at radius 3 is 2.77 bits per heavy atom. The Bertz CT molecular complexity index is 791. The van der Waals surface area contributed by atoms with E-state index < -0.39 is 16.4 Å². The molecule has 1 heterocycles. The number of hydrogen-bond acceptors (Lipinski definition) is 6. The van der Waals surface area contributed by atoms with Crippen LogP contribution in [0.15, 0.2) is 35.3 Å². The summed E-state index contributed by atoms with van der Waals surface area (Å²) in [5, 5.41) is 22.8. The highest BCUT2D eigenvalue weighted by Crippen LogP contribution is 2.35. The van der Waals surface area contributed by atoms with Gasteiger partial charge >= 0.3 is 0 Å². The number of nitrogens with zero attached hydrogens (tertiary/aromatic N) is 2. The van der Waals surface area contributed by atoms with E-state index >= 15 is 0 Å². The van der Waals surface area contributed by atoms with Crippen molar-refractivity contribution in [1.82, 2.24) is 0 Å². The fraction of sp³-hybridized carbons (Fsp3) is 0.0714. The normalized spacial score (nSPS) is 12.8. The summed E-state index contributed by atoms with van der Waals surface area (Å²) in [5.74, 6) is 0.426. The van der Waals surface area contributed by atoms with Crippen LogP contribution in [0, 0.1) is 10.1 Å². The van der Waals surface area contributed by atoms with Gasteiger partial charge in [0.1, 0.15) is 0 Å².